The normalized spacial score (nSPS) is 10.3. The van der Waals surface area contributed by atoms with Gasteiger partial charge in [-0.25, -0.2) is 9.37 Å². The molecular weight excluding hydrogens is 269 g/mol. The Morgan fingerprint density at radius 3 is 2.75 bits per heavy atom. The van der Waals surface area contributed by atoms with E-state index in [1.54, 1.807) is 0 Å². The summed E-state index contributed by atoms with van der Waals surface area (Å²) in [7, 11) is 0. The molecule has 3 N–H and O–H groups in total. The van der Waals surface area contributed by atoms with Gasteiger partial charge in [0.1, 0.15) is 11.6 Å². The minimum atomic E-state index is -0.890. The van der Waals surface area contributed by atoms with Crippen LogP contribution < -0.4 is 10.5 Å². The Balaban J connectivity index is 2.36. The number of aliphatic hydroxyl groups is 1. The van der Waals surface area contributed by atoms with Gasteiger partial charge in [-0.1, -0.05) is 0 Å². The summed E-state index contributed by atoms with van der Waals surface area (Å²) >= 11 is 0. The number of rotatable bonds is 4. The summed E-state index contributed by atoms with van der Waals surface area (Å²) in [6, 6.07) is 4.40. The van der Waals surface area contributed by atoms with Gasteiger partial charge < -0.3 is 15.6 Å². The number of nitro groups is 1. The zero-order chi connectivity index (χ0) is 14.7. The van der Waals surface area contributed by atoms with Crippen LogP contribution in [0.25, 0.3) is 0 Å². The van der Waals surface area contributed by atoms with Crippen LogP contribution in [0.4, 0.5) is 15.9 Å². The number of hydrogen-bond acceptors (Lipinski definition) is 6. The van der Waals surface area contributed by atoms with Crippen molar-refractivity contribution in [3.8, 4) is 11.5 Å². The molecule has 7 nitrogen and oxygen atoms in total. The molecule has 0 unspecified atom stereocenters. The van der Waals surface area contributed by atoms with Gasteiger partial charge in [-0.15, -0.1) is 0 Å². The lowest BCUT2D eigenvalue weighted by Crippen LogP contribution is -2.01. The molecule has 20 heavy (non-hydrogen) atoms. The SMILES string of the molecule is Nc1nccc(Oc2ccc([N+](=O)[O-])cc2F)c1CO. The van der Waals surface area contributed by atoms with Crippen LogP contribution in [-0.2, 0) is 6.61 Å². The first-order valence-corrected chi connectivity index (χ1v) is 5.49. The van der Waals surface area contributed by atoms with Crippen molar-refractivity contribution in [3.63, 3.8) is 0 Å². The lowest BCUT2D eigenvalue weighted by Gasteiger charge is -2.11. The molecule has 2 rings (SSSR count). The second kappa shape index (κ2) is 5.49. The number of nitrogen functional groups attached to an aromatic ring is 1. The molecule has 0 saturated heterocycles. The zero-order valence-corrected chi connectivity index (χ0v) is 10.1. The molecule has 1 heterocycles. The Labute approximate surface area is 112 Å². The number of anilines is 1. The quantitative estimate of drug-likeness (QED) is 0.654. The molecule has 0 bridgehead atoms. The van der Waals surface area contributed by atoms with Gasteiger partial charge in [0.15, 0.2) is 11.6 Å². The number of pyridine rings is 1. The zero-order valence-electron chi connectivity index (χ0n) is 10.1. The van der Waals surface area contributed by atoms with Gasteiger partial charge in [-0.3, -0.25) is 10.1 Å². The summed E-state index contributed by atoms with van der Waals surface area (Å²) < 4.78 is 19.0. The van der Waals surface area contributed by atoms with E-state index in [9.17, 15) is 19.6 Å². The van der Waals surface area contributed by atoms with E-state index in [1.807, 2.05) is 0 Å². The van der Waals surface area contributed by atoms with Gasteiger partial charge in [0.2, 0.25) is 0 Å². The summed E-state index contributed by atoms with van der Waals surface area (Å²) in [5.74, 6) is -0.908. The highest BCUT2D eigenvalue weighted by atomic mass is 19.1. The molecule has 0 fully saturated rings. The van der Waals surface area contributed by atoms with Crippen LogP contribution in [-0.4, -0.2) is 15.0 Å². The van der Waals surface area contributed by atoms with Gasteiger partial charge in [-0.2, -0.15) is 0 Å². The van der Waals surface area contributed by atoms with Crippen molar-refractivity contribution in [2.75, 3.05) is 5.73 Å². The standard InChI is InChI=1S/C12H10FN3O4/c13-9-5-7(16(18)19)1-2-11(9)20-10-3-4-15-12(14)8(10)6-17/h1-5,17H,6H2,(H2,14,15). The number of non-ortho nitro benzene ring substituents is 1. The second-order valence-corrected chi connectivity index (χ2v) is 3.80. The maximum absolute atomic E-state index is 13.7. The van der Waals surface area contributed by atoms with Gasteiger partial charge in [0.05, 0.1) is 23.2 Å². The Morgan fingerprint density at radius 1 is 1.40 bits per heavy atom. The fraction of sp³-hybridized carbons (Fsp3) is 0.0833. The third kappa shape index (κ3) is 2.64. The van der Waals surface area contributed by atoms with E-state index >= 15 is 0 Å². The number of halogens is 1. The maximum atomic E-state index is 13.7. The van der Waals surface area contributed by atoms with Crippen molar-refractivity contribution in [2.24, 2.45) is 0 Å². The summed E-state index contributed by atoms with van der Waals surface area (Å²) in [6.07, 6.45) is 1.34. The predicted molar refractivity (Wildman–Crippen MR) is 67.7 cm³/mol. The molecule has 104 valence electrons. The Bertz CT molecular complexity index is 663. The minimum Gasteiger partial charge on any atom is -0.454 e. The summed E-state index contributed by atoms with van der Waals surface area (Å²) in [6.45, 7) is -0.427. The number of nitrogens with two attached hydrogens (primary N) is 1. The van der Waals surface area contributed by atoms with E-state index < -0.39 is 17.3 Å². The van der Waals surface area contributed by atoms with Crippen molar-refractivity contribution in [2.45, 2.75) is 6.61 Å². The van der Waals surface area contributed by atoms with Crippen LogP contribution >= 0.6 is 0 Å². The largest absolute Gasteiger partial charge is 0.454 e. The molecule has 0 aliphatic carbocycles. The first-order valence-electron chi connectivity index (χ1n) is 5.49. The van der Waals surface area contributed by atoms with Gasteiger partial charge >= 0.3 is 0 Å². The average molecular weight is 279 g/mol. The van der Waals surface area contributed by atoms with Gasteiger partial charge in [0.25, 0.3) is 5.69 Å². The van der Waals surface area contributed by atoms with E-state index in [1.165, 1.54) is 12.3 Å². The Kier molecular flexibility index (Phi) is 3.76. The van der Waals surface area contributed by atoms with E-state index in [-0.39, 0.29) is 28.6 Å². The van der Waals surface area contributed by atoms with Gasteiger partial charge in [0, 0.05) is 12.3 Å². The third-order valence-electron chi connectivity index (χ3n) is 2.55. The van der Waals surface area contributed by atoms with Crippen molar-refractivity contribution in [1.29, 1.82) is 0 Å². The molecule has 0 saturated carbocycles. The molecule has 1 aromatic carbocycles. The lowest BCUT2D eigenvalue weighted by molar-refractivity contribution is -0.385. The van der Waals surface area contributed by atoms with Gasteiger partial charge in [-0.05, 0) is 12.1 Å². The van der Waals surface area contributed by atoms with E-state index in [2.05, 4.69) is 4.98 Å². The summed E-state index contributed by atoms with van der Waals surface area (Å²) in [4.78, 5) is 13.6. The molecule has 0 spiro atoms. The highest BCUT2D eigenvalue weighted by Gasteiger charge is 2.14. The number of nitro benzene ring substituents is 1. The number of aliphatic hydroxyl groups excluding tert-OH is 1. The van der Waals surface area contributed by atoms with Crippen LogP contribution in [0.15, 0.2) is 30.5 Å². The monoisotopic (exact) mass is 279 g/mol. The molecule has 0 atom stereocenters. The molecule has 0 radical (unpaired) electrons. The predicted octanol–water partition coefficient (Wildman–Crippen LogP) is 2.00. The van der Waals surface area contributed by atoms with E-state index in [4.69, 9.17) is 10.5 Å². The molecule has 2 aromatic rings. The van der Waals surface area contributed by atoms with Crippen LogP contribution in [0.3, 0.4) is 0 Å². The number of hydrogen-bond donors (Lipinski definition) is 2. The van der Waals surface area contributed by atoms with Crippen LogP contribution in [0, 0.1) is 15.9 Å². The molecular formula is C12H10FN3O4. The highest BCUT2D eigenvalue weighted by molar-refractivity contribution is 5.50. The number of nitrogens with zero attached hydrogens (tertiary/aromatic N) is 2. The van der Waals surface area contributed by atoms with E-state index in [0.29, 0.717) is 0 Å². The Hall–Kier alpha value is -2.74. The van der Waals surface area contributed by atoms with Crippen LogP contribution in [0.1, 0.15) is 5.56 Å². The van der Waals surface area contributed by atoms with Crippen molar-refractivity contribution in [3.05, 3.63) is 52.0 Å². The summed E-state index contributed by atoms with van der Waals surface area (Å²) in [5, 5.41) is 19.7. The van der Waals surface area contributed by atoms with Crippen molar-refractivity contribution >= 4 is 11.5 Å². The minimum absolute atomic E-state index is 0.0623. The second-order valence-electron chi connectivity index (χ2n) is 3.80. The first kappa shape index (κ1) is 13.7. The number of aromatic nitrogens is 1. The fourth-order valence-corrected chi connectivity index (χ4v) is 1.55. The van der Waals surface area contributed by atoms with Crippen LogP contribution in [0.5, 0.6) is 11.5 Å². The number of benzene rings is 1. The summed E-state index contributed by atoms with van der Waals surface area (Å²) in [5.41, 5.74) is 5.38. The average Bonchev–Trinajstić information content (AvgIpc) is 2.41. The molecule has 8 heteroatoms. The Morgan fingerprint density at radius 2 is 2.15 bits per heavy atom. The van der Waals surface area contributed by atoms with Crippen molar-refractivity contribution < 1.29 is 19.2 Å². The number of ether oxygens (including phenoxy) is 1. The van der Waals surface area contributed by atoms with E-state index in [0.717, 1.165) is 18.2 Å². The molecule has 0 amide bonds. The highest BCUT2D eigenvalue weighted by Crippen LogP contribution is 2.31. The molecule has 0 aliphatic heterocycles. The smallest absolute Gasteiger partial charge is 0.272 e. The first-order chi connectivity index (χ1) is 9.52. The molecule has 0 aliphatic rings. The topological polar surface area (TPSA) is 112 Å². The van der Waals surface area contributed by atoms with Crippen LogP contribution in [0.2, 0.25) is 0 Å². The lowest BCUT2D eigenvalue weighted by atomic mass is 10.2. The third-order valence-corrected chi connectivity index (χ3v) is 2.55. The van der Waals surface area contributed by atoms with Crippen molar-refractivity contribution in [1.82, 2.24) is 4.98 Å². The fourth-order valence-electron chi connectivity index (χ4n) is 1.55. The molecule has 1 aromatic heterocycles. The maximum Gasteiger partial charge on any atom is 0.272 e.